The summed E-state index contributed by atoms with van der Waals surface area (Å²) in [4.78, 5) is 19.2. The summed E-state index contributed by atoms with van der Waals surface area (Å²) < 4.78 is 4.90. The summed E-state index contributed by atoms with van der Waals surface area (Å²) in [5, 5.41) is 10.3. The zero-order chi connectivity index (χ0) is 18.8. The number of nitrogens with one attached hydrogen (secondary N) is 4. The summed E-state index contributed by atoms with van der Waals surface area (Å²) in [6.07, 6.45) is 3.96. The predicted octanol–water partition coefficient (Wildman–Crippen LogP) is 1.20. The highest BCUT2D eigenvalue weighted by atomic mass is 16.5. The van der Waals surface area contributed by atoms with Gasteiger partial charge in [0.1, 0.15) is 0 Å². The quantitative estimate of drug-likeness (QED) is 0.308. The van der Waals surface area contributed by atoms with Crippen LogP contribution in [0.4, 0.5) is 0 Å². The average Bonchev–Trinajstić information content (AvgIpc) is 3.08. The molecule has 0 unspecified atom stereocenters. The Bertz CT molecular complexity index is 739. The van der Waals surface area contributed by atoms with Crippen molar-refractivity contribution in [1.29, 1.82) is 0 Å². The monoisotopic (exact) mass is 359 g/mol. The van der Waals surface area contributed by atoms with Crippen molar-refractivity contribution in [1.82, 2.24) is 20.9 Å². The van der Waals surface area contributed by atoms with Gasteiger partial charge in [0.15, 0.2) is 5.96 Å². The molecule has 0 spiro atoms. The van der Waals surface area contributed by atoms with Gasteiger partial charge in [-0.2, -0.15) is 0 Å². The standard InChI is InChI=1S/C19H29N5O2/c1-4-14-6-5-7-16-15(12-23-18(14)16)8-9-22-19(20-2)24-13-17(25)21-10-11-26-3/h5-7,12,23H,4,8-11,13H2,1-3H3,(H,21,25)(H2,20,22,24). The van der Waals surface area contributed by atoms with Crippen LogP contribution in [0.5, 0.6) is 0 Å². The fourth-order valence-corrected chi connectivity index (χ4v) is 2.83. The van der Waals surface area contributed by atoms with Crippen molar-refractivity contribution in [3.05, 3.63) is 35.5 Å². The second-order valence-corrected chi connectivity index (χ2v) is 5.95. The summed E-state index contributed by atoms with van der Waals surface area (Å²) in [5.41, 5.74) is 3.83. The van der Waals surface area contributed by atoms with E-state index in [-0.39, 0.29) is 12.5 Å². The largest absolute Gasteiger partial charge is 0.383 e. The molecule has 2 aromatic rings. The maximum absolute atomic E-state index is 11.7. The van der Waals surface area contributed by atoms with Crippen LogP contribution >= 0.6 is 0 Å². The number of methoxy groups -OCH3 is 1. The second kappa shape index (κ2) is 10.5. The smallest absolute Gasteiger partial charge is 0.239 e. The zero-order valence-electron chi connectivity index (χ0n) is 15.8. The first-order chi connectivity index (χ1) is 12.7. The molecule has 0 saturated carbocycles. The van der Waals surface area contributed by atoms with Crippen molar-refractivity contribution in [2.45, 2.75) is 19.8 Å². The molecular formula is C19H29N5O2. The number of fused-ring (bicyclic) bond motifs is 1. The van der Waals surface area contributed by atoms with Crippen LogP contribution in [0.1, 0.15) is 18.1 Å². The molecule has 0 fully saturated rings. The van der Waals surface area contributed by atoms with Crippen LogP contribution in [-0.4, -0.2) is 57.2 Å². The summed E-state index contributed by atoms with van der Waals surface area (Å²) in [5.74, 6) is 0.523. The third kappa shape index (κ3) is 5.49. The number of benzene rings is 1. The Labute approximate surface area is 154 Å². The number of hydrogen-bond acceptors (Lipinski definition) is 3. The first-order valence-corrected chi connectivity index (χ1v) is 8.97. The van der Waals surface area contributed by atoms with Gasteiger partial charge in [-0.25, -0.2) is 0 Å². The molecule has 1 aromatic heterocycles. The van der Waals surface area contributed by atoms with Gasteiger partial charge in [0, 0.05) is 44.3 Å². The Morgan fingerprint density at radius 3 is 2.77 bits per heavy atom. The number of rotatable bonds is 9. The van der Waals surface area contributed by atoms with E-state index < -0.39 is 0 Å². The molecule has 7 nitrogen and oxygen atoms in total. The number of carbonyl (C=O) groups is 1. The average molecular weight is 359 g/mol. The molecular weight excluding hydrogens is 330 g/mol. The lowest BCUT2D eigenvalue weighted by molar-refractivity contribution is -0.120. The van der Waals surface area contributed by atoms with Crippen molar-refractivity contribution in [3.8, 4) is 0 Å². The van der Waals surface area contributed by atoms with Crippen LogP contribution in [0.25, 0.3) is 10.9 Å². The number of ether oxygens (including phenoxy) is 1. The van der Waals surface area contributed by atoms with Crippen molar-refractivity contribution >= 4 is 22.8 Å². The molecule has 1 aromatic carbocycles. The van der Waals surface area contributed by atoms with Gasteiger partial charge in [-0.1, -0.05) is 25.1 Å². The highest BCUT2D eigenvalue weighted by Crippen LogP contribution is 2.22. The van der Waals surface area contributed by atoms with E-state index in [4.69, 9.17) is 4.74 Å². The highest BCUT2D eigenvalue weighted by Gasteiger charge is 2.07. The third-order valence-corrected chi connectivity index (χ3v) is 4.22. The predicted molar refractivity (Wildman–Crippen MR) is 106 cm³/mol. The maximum atomic E-state index is 11.7. The van der Waals surface area contributed by atoms with E-state index in [1.807, 2.05) is 0 Å². The highest BCUT2D eigenvalue weighted by molar-refractivity contribution is 5.87. The molecule has 0 aliphatic heterocycles. The van der Waals surface area contributed by atoms with Crippen LogP contribution < -0.4 is 16.0 Å². The van der Waals surface area contributed by atoms with Crippen molar-refractivity contribution < 1.29 is 9.53 Å². The number of aromatic amines is 1. The van der Waals surface area contributed by atoms with E-state index in [2.05, 4.69) is 57.2 Å². The van der Waals surface area contributed by atoms with Gasteiger partial charge < -0.3 is 25.7 Å². The number of carbonyl (C=O) groups excluding carboxylic acids is 1. The molecule has 0 atom stereocenters. The van der Waals surface area contributed by atoms with Crippen molar-refractivity contribution in [3.63, 3.8) is 0 Å². The second-order valence-electron chi connectivity index (χ2n) is 5.95. The van der Waals surface area contributed by atoms with Crippen molar-refractivity contribution in [2.24, 2.45) is 4.99 Å². The Balaban J connectivity index is 1.80. The van der Waals surface area contributed by atoms with Crippen molar-refractivity contribution in [2.75, 3.05) is 40.4 Å². The number of para-hydroxylation sites is 1. The Morgan fingerprint density at radius 1 is 1.19 bits per heavy atom. The maximum Gasteiger partial charge on any atom is 0.239 e. The number of aryl methyl sites for hydroxylation is 1. The number of hydrogen-bond donors (Lipinski definition) is 4. The first kappa shape index (κ1) is 19.8. The lowest BCUT2D eigenvalue weighted by atomic mass is 10.1. The van der Waals surface area contributed by atoms with Gasteiger partial charge in [-0.3, -0.25) is 9.79 Å². The molecule has 0 radical (unpaired) electrons. The van der Waals surface area contributed by atoms with E-state index >= 15 is 0 Å². The molecule has 4 N–H and O–H groups in total. The number of aliphatic imine (C=N–C) groups is 1. The van der Waals surface area contributed by atoms with Crippen LogP contribution in [0.2, 0.25) is 0 Å². The molecule has 0 saturated heterocycles. The molecule has 1 heterocycles. The number of H-pyrrole nitrogens is 1. The Morgan fingerprint density at radius 2 is 2.04 bits per heavy atom. The molecule has 2 rings (SSSR count). The normalized spacial score (nSPS) is 11.6. The van der Waals surface area contributed by atoms with Crippen LogP contribution in [0.15, 0.2) is 29.4 Å². The molecule has 1 amide bonds. The van der Waals surface area contributed by atoms with E-state index in [0.29, 0.717) is 19.1 Å². The van der Waals surface area contributed by atoms with Gasteiger partial charge in [-0.05, 0) is 24.0 Å². The van der Waals surface area contributed by atoms with Gasteiger partial charge >= 0.3 is 0 Å². The topological polar surface area (TPSA) is 90.5 Å². The molecule has 0 bridgehead atoms. The minimum absolute atomic E-state index is 0.0891. The fourth-order valence-electron chi connectivity index (χ4n) is 2.83. The summed E-state index contributed by atoms with van der Waals surface area (Å²) in [7, 11) is 3.30. The SMILES string of the molecule is CCc1cccc2c(CCNC(=NC)NCC(=O)NCCOC)c[nH]c12. The lowest BCUT2D eigenvalue weighted by Crippen LogP contribution is -2.44. The number of nitrogens with zero attached hydrogens (tertiary/aromatic N) is 1. The van der Waals surface area contributed by atoms with Gasteiger partial charge in [-0.15, -0.1) is 0 Å². The van der Waals surface area contributed by atoms with Gasteiger partial charge in [0.25, 0.3) is 0 Å². The van der Waals surface area contributed by atoms with Crippen LogP contribution in [-0.2, 0) is 22.4 Å². The van der Waals surface area contributed by atoms with Crippen LogP contribution in [0.3, 0.4) is 0 Å². The molecule has 26 heavy (non-hydrogen) atoms. The lowest BCUT2D eigenvalue weighted by Gasteiger charge is -2.12. The molecule has 0 aliphatic rings. The molecule has 7 heteroatoms. The molecule has 142 valence electrons. The number of amides is 1. The number of aromatic nitrogens is 1. The van der Waals surface area contributed by atoms with E-state index in [0.717, 1.165) is 19.4 Å². The van der Waals surface area contributed by atoms with Crippen LogP contribution in [0, 0.1) is 0 Å². The van der Waals surface area contributed by atoms with E-state index in [1.165, 1.54) is 22.0 Å². The fraction of sp³-hybridized carbons (Fsp3) is 0.474. The summed E-state index contributed by atoms with van der Waals surface area (Å²) >= 11 is 0. The molecule has 0 aliphatic carbocycles. The Kier molecular flexibility index (Phi) is 7.95. The number of guanidine groups is 1. The van der Waals surface area contributed by atoms with Gasteiger partial charge in [0.2, 0.25) is 5.91 Å². The first-order valence-electron chi connectivity index (χ1n) is 8.97. The minimum atomic E-state index is -0.0891. The third-order valence-electron chi connectivity index (χ3n) is 4.22. The summed E-state index contributed by atoms with van der Waals surface area (Å²) in [6.45, 7) is 4.08. The van der Waals surface area contributed by atoms with E-state index in [9.17, 15) is 4.79 Å². The Hall–Kier alpha value is -2.54. The zero-order valence-corrected chi connectivity index (χ0v) is 15.8. The van der Waals surface area contributed by atoms with Gasteiger partial charge in [0.05, 0.1) is 13.2 Å². The summed E-state index contributed by atoms with van der Waals surface area (Å²) in [6, 6.07) is 6.41. The minimum Gasteiger partial charge on any atom is -0.383 e. The van der Waals surface area contributed by atoms with E-state index in [1.54, 1.807) is 14.2 Å².